The summed E-state index contributed by atoms with van der Waals surface area (Å²) in [4.78, 5) is 24.0. The number of nitrogens with one attached hydrogen (secondary N) is 3. The van der Waals surface area contributed by atoms with Gasteiger partial charge in [-0.1, -0.05) is 29.8 Å². The Morgan fingerprint density at radius 2 is 1.86 bits per heavy atom. The highest BCUT2D eigenvalue weighted by molar-refractivity contribution is 6.30. The van der Waals surface area contributed by atoms with E-state index in [4.69, 9.17) is 11.6 Å². The van der Waals surface area contributed by atoms with Crippen molar-refractivity contribution in [1.82, 2.24) is 15.0 Å². The molecule has 28 heavy (non-hydrogen) atoms. The molecule has 0 unspecified atom stereocenters. The van der Waals surface area contributed by atoms with Gasteiger partial charge in [0.25, 0.3) is 5.91 Å². The van der Waals surface area contributed by atoms with Crippen molar-refractivity contribution in [2.75, 3.05) is 17.2 Å². The van der Waals surface area contributed by atoms with E-state index >= 15 is 0 Å². The van der Waals surface area contributed by atoms with Crippen molar-refractivity contribution in [2.24, 2.45) is 0 Å². The van der Waals surface area contributed by atoms with Crippen molar-refractivity contribution in [2.45, 2.75) is 6.42 Å². The molecule has 0 spiro atoms. The number of aromatic amines is 1. The van der Waals surface area contributed by atoms with Gasteiger partial charge in [0, 0.05) is 34.4 Å². The van der Waals surface area contributed by atoms with Gasteiger partial charge < -0.3 is 15.6 Å². The summed E-state index contributed by atoms with van der Waals surface area (Å²) in [5.41, 5.74) is 3.28. The highest BCUT2D eigenvalue weighted by Gasteiger charge is 2.09. The lowest BCUT2D eigenvalue weighted by atomic mass is 10.1. The maximum atomic E-state index is 12.2. The van der Waals surface area contributed by atoms with Crippen LogP contribution in [0, 0.1) is 0 Å². The number of fused-ring (bicyclic) bond motifs is 1. The second kappa shape index (κ2) is 8.10. The van der Waals surface area contributed by atoms with Crippen molar-refractivity contribution < 1.29 is 4.79 Å². The normalized spacial score (nSPS) is 10.8. The molecule has 0 bridgehead atoms. The molecule has 0 atom stereocenters. The first-order chi connectivity index (χ1) is 13.7. The fourth-order valence-electron chi connectivity index (χ4n) is 2.93. The van der Waals surface area contributed by atoms with E-state index in [9.17, 15) is 4.79 Å². The van der Waals surface area contributed by atoms with Gasteiger partial charge in [0.2, 0.25) is 0 Å². The predicted octanol–water partition coefficient (Wildman–Crippen LogP) is 4.52. The van der Waals surface area contributed by atoms with Gasteiger partial charge in [-0.05, 0) is 42.3 Å². The van der Waals surface area contributed by atoms with Crippen LogP contribution in [0.3, 0.4) is 0 Å². The monoisotopic (exact) mass is 391 g/mol. The number of rotatable bonds is 6. The predicted molar refractivity (Wildman–Crippen MR) is 112 cm³/mol. The molecule has 0 fully saturated rings. The molecule has 4 aromatic rings. The molecule has 2 aromatic carbocycles. The third kappa shape index (κ3) is 4.13. The van der Waals surface area contributed by atoms with E-state index in [1.54, 1.807) is 30.5 Å². The van der Waals surface area contributed by atoms with E-state index < -0.39 is 0 Å². The highest BCUT2D eigenvalue weighted by atomic mass is 35.5. The standard InChI is InChI=1S/C21H18ClN5O/c22-15-5-7-16(8-6-15)27-21(28)19-12-26-20(13-25-19)23-10-9-14-11-24-18-4-2-1-3-17(14)18/h1-8,11-13,24H,9-10H2,(H,23,26)(H,27,28). The molecule has 0 aliphatic rings. The summed E-state index contributed by atoms with van der Waals surface area (Å²) in [6, 6.07) is 15.1. The van der Waals surface area contributed by atoms with E-state index in [-0.39, 0.29) is 11.6 Å². The van der Waals surface area contributed by atoms with Crippen LogP contribution in [0.5, 0.6) is 0 Å². The first kappa shape index (κ1) is 18.0. The van der Waals surface area contributed by atoms with E-state index in [1.165, 1.54) is 17.1 Å². The van der Waals surface area contributed by atoms with Gasteiger partial charge >= 0.3 is 0 Å². The average Bonchev–Trinajstić information content (AvgIpc) is 3.13. The topological polar surface area (TPSA) is 82.7 Å². The van der Waals surface area contributed by atoms with Crippen molar-refractivity contribution in [3.63, 3.8) is 0 Å². The Kier molecular flexibility index (Phi) is 5.21. The van der Waals surface area contributed by atoms with E-state index in [0.29, 0.717) is 23.1 Å². The molecule has 140 valence electrons. The van der Waals surface area contributed by atoms with Crippen LogP contribution in [-0.4, -0.2) is 27.4 Å². The number of H-pyrrole nitrogens is 1. The number of anilines is 2. The van der Waals surface area contributed by atoms with Crippen LogP contribution < -0.4 is 10.6 Å². The number of halogens is 1. The number of carbonyl (C=O) groups is 1. The Morgan fingerprint density at radius 1 is 1.04 bits per heavy atom. The molecular formula is C21H18ClN5O. The maximum Gasteiger partial charge on any atom is 0.275 e. The SMILES string of the molecule is O=C(Nc1ccc(Cl)cc1)c1cnc(NCCc2c[nH]c3ccccc23)cn1. The van der Waals surface area contributed by atoms with Gasteiger partial charge in [-0.3, -0.25) is 4.79 Å². The molecular weight excluding hydrogens is 374 g/mol. The zero-order chi connectivity index (χ0) is 19.3. The van der Waals surface area contributed by atoms with Crippen LogP contribution in [0.2, 0.25) is 5.02 Å². The average molecular weight is 392 g/mol. The summed E-state index contributed by atoms with van der Waals surface area (Å²) in [5, 5.41) is 7.83. The largest absolute Gasteiger partial charge is 0.368 e. The summed E-state index contributed by atoms with van der Waals surface area (Å²) in [5.74, 6) is 0.308. The maximum absolute atomic E-state index is 12.2. The van der Waals surface area contributed by atoms with Gasteiger partial charge in [-0.2, -0.15) is 0 Å². The Morgan fingerprint density at radius 3 is 2.64 bits per heavy atom. The van der Waals surface area contributed by atoms with Crippen molar-refractivity contribution in [3.05, 3.63) is 83.4 Å². The Balaban J connectivity index is 1.33. The number of hydrogen-bond donors (Lipinski definition) is 3. The minimum atomic E-state index is -0.319. The molecule has 1 amide bonds. The van der Waals surface area contributed by atoms with Gasteiger partial charge in [0.05, 0.1) is 12.4 Å². The molecule has 7 heteroatoms. The summed E-state index contributed by atoms with van der Waals surface area (Å²) in [6.45, 7) is 0.715. The van der Waals surface area contributed by atoms with Gasteiger partial charge in [0.15, 0.2) is 0 Å². The number of carbonyl (C=O) groups excluding carboxylic acids is 1. The molecule has 0 saturated heterocycles. The number of aromatic nitrogens is 3. The minimum absolute atomic E-state index is 0.247. The number of hydrogen-bond acceptors (Lipinski definition) is 4. The van der Waals surface area contributed by atoms with E-state index in [1.807, 2.05) is 18.3 Å². The first-order valence-electron chi connectivity index (χ1n) is 8.87. The van der Waals surface area contributed by atoms with Gasteiger partial charge in [-0.25, -0.2) is 9.97 Å². The lowest BCUT2D eigenvalue weighted by Gasteiger charge is -2.07. The quantitative estimate of drug-likeness (QED) is 0.451. The van der Waals surface area contributed by atoms with Crippen LogP contribution in [0.4, 0.5) is 11.5 Å². The van der Waals surface area contributed by atoms with Crippen molar-refractivity contribution in [3.8, 4) is 0 Å². The van der Waals surface area contributed by atoms with Crippen LogP contribution >= 0.6 is 11.6 Å². The number of amides is 1. The highest BCUT2D eigenvalue weighted by Crippen LogP contribution is 2.18. The lowest BCUT2D eigenvalue weighted by Crippen LogP contribution is -2.14. The van der Waals surface area contributed by atoms with Gasteiger partial charge in [-0.15, -0.1) is 0 Å². The van der Waals surface area contributed by atoms with Crippen LogP contribution in [0.15, 0.2) is 67.1 Å². The first-order valence-corrected chi connectivity index (χ1v) is 9.25. The minimum Gasteiger partial charge on any atom is -0.368 e. The summed E-state index contributed by atoms with van der Waals surface area (Å²) in [7, 11) is 0. The van der Waals surface area contributed by atoms with E-state index in [0.717, 1.165) is 11.9 Å². The summed E-state index contributed by atoms with van der Waals surface area (Å²) in [6.07, 6.45) is 5.90. The van der Waals surface area contributed by atoms with Gasteiger partial charge in [0.1, 0.15) is 11.5 Å². The van der Waals surface area contributed by atoms with Crippen LogP contribution in [0.1, 0.15) is 16.1 Å². The number of benzene rings is 2. The molecule has 4 rings (SSSR count). The molecule has 6 nitrogen and oxygen atoms in total. The molecule has 3 N–H and O–H groups in total. The fraction of sp³-hybridized carbons (Fsp3) is 0.0952. The van der Waals surface area contributed by atoms with Crippen LogP contribution in [-0.2, 0) is 6.42 Å². The summed E-state index contributed by atoms with van der Waals surface area (Å²) < 4.78 is 0. The Hall–Kier alpha value is -3.38. The zero-order valence-electron chi connectivity index (χ0n) is 14.9. The van der Waals surface area contributed by atoms with Crippen molar-refractivity contribution >= 4 is 39.9 Å². The van der Waals surface area contributed by atoms with Crippen molar-refractivity contribution in [1.29, 1.82) is 0 Å². The molecule has 2 heterocycles. The molecule has 0 aliphatic heterocycles. The second-order valence-electron chi connectivity index (χ2n) is 6.28. The number of nitrogens with zero attached hydrogens (tertiary/aromatic N) is 2. The third-order valence-corrected chi connectivity index (χ3v) is 4.61. The molecule has 0 aliphatic carbocycles. The second-order valence-corrected chi connectivity index (χ2v) is 6.72. The Bertz CT molecular complexity index is 1090. The van der Waals surface area contributed by atoms with Crippen LogP contribution in [0.25, 0.3) is 10.9 Å². The number of para-hydroxylation sites is 1. The lowest BCUT2D eigenvalue weighted by molar-refractivity contribution is 0.102. The third-order valence-electron chi connectivity index (χ3n) is 4.36. The molecule has 2 aromatic heterocycles. The zero-order valence-corrected chi connectivity index (χ0v) is 15.7. The van der Waals surface area contributed by atoms with E-state index in [2.05, 4.69) is 37.7 Å². The molecule has 0 radical (unpaired) electrons. The summed E-state index contributed by atoms with van der Waals surface area (Å²) >= 11 is 5.84. The smallest absolute Gasteiger partial charge is 0.275 e. The fourth-order valence-corrected chi connectivity index (χ4v) is 3.05. The Labute approximate surface area is 167 Å². The molecule has 0 saturated carbocycles.